The molecule has 0 fully saturated rings. The van der Waals surface area contributed by atoms with Gasteiger partial charge in [-0.1, -0.05) is 23.2 Å². The van der Waals surface area contributed by atoms with Crippen LogP contribution in [0.4, 0.5) is 10.1 Å². The zero-order valence-corrected chi connectivity index (χ0v) is 12.8. The Labute approximate surface area is 128 Å². The van der Waals surface area contributed by atoms with Crippen molar-refractivity contribution in [1.29, 1.82) is 0 Å². The first kappa shape index (κ1) is 17.5. The number of hydrogen-bond donors (Lipinski definition) is 1. The molecule has 114 valence electrons. The average molecular weight is 326 g/mol. The molecule has 0 aliphatic carbocycles. The second-order valence-corrected chi connectivity index (χ2v) is 4.70. The normalized spacial score (nSPS) is 10.8. The van der Waals surface area contributed by atoms with Crippen molar-refractivity contribution in [1.82, 2.24) is 0 Å². The molecule has 0 atom stereocenters. The van der Waals surface area contributed by atoms with Gasteiger partial charge in [0.2, 0.25) is 0 Å². The molecule has 0 amide bonds. The third-order valence-electron chi connectivity index (χ3n) is 2.36. The lowest BCUT2D eigenvalue weighted by Gasteiger charge is -2.11. The van der Waals surface area contributed by atoms with Gasteiger partial charge < -0.3 is 19.5 Å². The summed E-state index contributed by atoms with van der Waals surface area (Å²) in [4.78, 5) is 0. The molecule has 4 nitrogen and oxygen atoms in total. The van der Waals surface area contributed by atoms with Crippen LogP contribution in [0.1, 0.15) is 0 Å². The van der Waals surface area contributed by atoms with Crippen molar-refractivity contribution in [3.05, 3.63) is 28.0 Å². The molecule has 0 saturated heterocycles. The standard InChI is InChI=1S/C13H18Cl2FNO3/c1-18-4-5-20-7-6-19-3-2-17-13-11(14)8-10(16)9-12(13)15/h8-9,17H,2-7H2,1H3. The number of methoxy groups -OCH3 is 1. The first-order chi connectivity index (χ1) is 9.65. The van der Waals surface area contributed by atoms with Gasteiger partial charge in [-0.25, -0.2) is 4.39 Å². The van der Waals surface area contributed by atoms with E-state index < -0.39 is 5.82 Å². The van der Waals surface area contributed by atoms with E-state index in [1.807, 2.05) is 0 Å². The van der Waals surface area contributed by atoms with Gasteiger partial charge in [-0.05, 0) is 12.1 Å². The van der Waals surface area contributed by atoms with Crippen molar-refractivity contribution in [2.24, 2.45) is 0 Å². The topological polar surface area (TPSA) is 39.7 Å². The maximum atomic E-state index is 13.0. The number of rotatable bonds is 10. The molecule has 7 heteroatoms. The van der Waals surface area contributed by atoms with Crippen LogP contribution in [0.15, 0.2) is 12.1 Å². The average Bonchev–Trinajstić information content (AvgIpc) is 2.39. The first-order valence-corrected chi connectivity index (χ1v) is 6.93. The van der Waals surface area contributed by atoms with Crippen molar-refractivity contribution in [3.8, 4) is 0 Å². The third-order valence-corrected chi connectivity index (χ3v) is 2.96. The Kier molecular flexibility index (Phi) is 8.89. The molecule has 0 aliphatic heterocycles. The van der Waals surface area contributed by atoms with Gasteiger partial charge in [0.05, 0.1) is 48.8 Å². The maximum Gasteiger partial charge on any atom is 0.126 e. The molecule has 0 heterocycles. The van der Waals surface area contributed by atoms with E-state index in [-0.39, 0.29) is 10.0 Å². The van der Waals surface area contributed by atoms with E-state index in [1.54, 1.807) is 7.11 Å². The van der Waals surface area contributed by atoms with E-state index in [1.165, 1.54) is 12.1 Å². The van der Waals surface area contributed by atoms with Gasteiger partial charge >= 0.3 is 0 Å². The lowest BCUT2D eigenvalue weighted by atomic mass is 10.3. The molecule has 0 aliphatic rings. The number of nitrogens with one attached hydrogen (secondary N) is 1. The summed E-state index contributed by atoms with van der Waals surface area (Å²) in [5.74, 6) is -0.463. The van der Waals surface area contributed by atoms with Crippen LogP contribution in [0, 0.1) is 5.82 Å². The first-order valence-electron chi connectivity index (χ1n) is 6.18. The Bertz CT molecular complexity index is 384. The van der Waals surface area contributed by atoms with Gasteiger partial charge in [0, 0.05) is 13.7 Å². The smallest absolute Gasteiger partial charge is 0.126 e. The summed E-state index contributed by atoms with van der Waals surface area (Å²) in [6.07, 6.45) is 0. The minimum atomic E-state index is -0.463. The number of halogens is 3. The zero-order valence-electron chi connectivity index (χ0n) is 11.3. The predicted molar refractivity (Wildman–Crippen MR) is 78.4 cm³/mol. The lowest BCUT2D eigenvalue weighted by molar-refractivity contribution is 0.0272. The Morgan fingerprint density at radius 2 is 1.55 bits per heavy atom. The summed E-state index contributed by atoms with van der Waals surface area (Å²) in [7, 11) is 1.62. The molecular weight excluding hydrogens is 308 g/mol. The summed E-state index contributed by atoms with van der Waals surface area (Å²) in [5.41, 5.74) is 0.509. The second kappa shape index (κ2) is 10.2. The molecule has 1 aromatic carbocycles. The Morgan fingerprint density at radius 3 is 2.15 bits per heavy atom. The van der Waals surface area contributed by atoms with E-state index >= 15 is 0 Å². The fraction of sp³-hybridized carbons (Fsp3) is 0.538. The molecule has 0 unspecified atom stereocenters. The lowest BCUT2D eigenvalue weighted by Crippen LogP contribution is -2.14. The molecule has 0 aromatic heterocycles. The minimum Gasteiger partial charge on any atom is -0.382 e. The fourth-order valence-corrected chi connectivity index (χ4v) is 2.02. The number of ether oxygens (including phenoxy) is 3. The van der Waals surface area contributed by atoms with Gasteiger partial charge in [0.15, 0.2) is 0 Å². The fourth-order valence-electron chi connectivity index (χ4n) is 1.42. The molecule has 0 bridgehead atoms. The second-order valence-electron chi connectivity index (χ2n) is 3.89. The van der Waals surface area contributed by atoms with Crippen LogP contribution in [-0.2, 0) is 14.2 Å². The zero-order chi connectivity index (χ0) is 14.8. The molecule has 1 rings (SSSR count). The van der Waals surface area contributed by atoms with Crippen LogP contribution in [0.3, 0.4) is 0 Å². The van der Waals surface area contributed by atoms with Crippen molar-refractivity contribution < 1.29 is 18.6 Å². The summed E-state index contributed by atoms with van der Waals surface area (Å²) >= 11 is 11.8. The SMILES string of the molecule is COCCOCCOCCNc1c(Cl)cc(F)cc1Cl. The maximum absolute atomic E-state index is 13.0. The van der Waals surface area contributed by atoms with Crippen LogP contribution < -0.4 is 5.32 Å². The van der Waals surface area contributed by atoms with Gasteiger partial charge in [0.1, 0.15) is 5.82 Å². The van der Waals surface area contributed by atoms with E-state index in [4.69, 9.17) is 37.4 Å². The molecule has 0 spiro atoms. The molecule has 20 heavy (non-hydrogen) atoms. The van der Waals surface area contributed by atoms with Crippen molar-refractivity contribution >= 4 is 28.9 Å². The molecule has 0 saturated carbocycles. The number of benzene rings is 1. The highest BCUT2D eigenvalue weighted by Crippen LogP contribution is 2.30. The summed E-state index contributed by atoms with van der Waals surface area (Å²) in [6.45, 7) is 3.13. The Morgan fingerprint density at radius 1 is 1.00 bits per heavy atom. The van der Waals surface area contributed by atoms with Crippen LogP contribution in [-0.4, -0.2) is 46.7 Å². The highest BCUT2D eigenvalue weighted by atomic mass is 35.5. The van der Waals surface area contributed by atoms with Gasteiger partial charge in [-0.15, -0.1) is 0 Å². The Hall–Kier alpha value is -0.590. The van der Waals surface area contributed by atoms with E-state index in [0.717, 1.165) is 0 Å². The van der Waals surface area contributed by atoms with E-state index in [9.17, 15) is 4.39 Å². The summed E-state index contributed by atoms with van der Waals surface area (Å²) in [5, 5.41) is 3.50. The number of anilines is 1. The predicted octanol–water partition coefficient (Wildman–Crippen LogP) is 3.22. The van der Waals surface area contributed by atoms with Crippen molar-refractivity contribution in [2.75, 3.05) is 52.0 Å². The highest BCUT2D eigenvalue weighted by molar-refractivity contribution is 6.39. The largest absolute Gasteiger partial charge is 0.382 e. The number of hydrogen-bond acceptors (Lipinski definition) is 4. The highest BCUT2D eigenvalue weighted by Gasteiger charge is 2.07. The van der Waals surface area contributed by atoms with E-state index in [2.05, 4.69) is 5.32 Å². The summed E-state index contributed by atoms with van der Waals surface area (Å²) in [6, 6.07) is 2.42. The van der Waals surface area contributed by atoms with Gasteiger partial charge in [0.25, 0.3) is 0 Å². The van der Waals surface area contributed by atoms with Gasteiger partial charge in [-0.2, -0.15) is 0 Å². The quantitative estimate of drug-likeness (QED) is 0.670. The Balaban J connectivity index is 2.13. The molecule has 1 N–H and O–H groups in total. The van der Waals surface area contributed by atoms with Crippen LogP contribution in [0.5, 0.6) is 0 Å². The van der Waals surface area contributed by atoms with Crippen LogP contribution in [0.25, 0.3) is 0 Å². The van der Waals surface area contributed by atoms with Crippen LogP contribution in [0.2, 0.25) is 10.0 Å². The molecular formula is C13H18Cl2FNO3. The van der Waals surface area contributed by atoms with Crippen LogP contribution >= 0.6 is 23.2 Å². The minimum absolute atomic E-state index is 0.248. The summed E-state index contributed by atoms with van der Waals surface area (Å²) < 4.78 is 28.4. The van der Waals surface area contributed by atoms with Gasteiger partial charge in [-0.3, -0.25) is 0 Å². The van der Waals surface area contributed by atoms with E-state index in [0.29, 0.717) is 45.3 Å². The monoisotopic (exact) mass is 325 g/mol. The van der Waals surface area contributed by atoms with Crippen molar-refractivity contribution in [3.63, 3.8) is 0 Å². The molecule has 0 radical (unpaired) electrons. The third kappa shape index (κ3) is 6.72. The molecule has 1 aromatic rings. The van der Waals surface area contributed by atoms with Crippen molar-refractivity contribution in [2.45, 2.75) is 0 Å².